The number of urea groups is 1. The Morgan fingerprint density at radius 3 is 3.00 bits per heavy atom. The summed E-state index contributed by atoms with van der Waals surface area (Å²) in [4.78, 5) is 15.0. The predicted octanol–water partition coefficient (Wildman–Crippen LogP) is 1.32. The Kier molecular flexibility index (Phi) is 3.88. The number of hydrogen-bond donors (Lipinski definition) is 2. The fourth-order valence-corrected chi connectivity index (χ4v) is 2.09. The molecule has 1 aromatic heterocycles. The second-order valence-corrected chi connectivity index (χ2v) is 4.19. The standard InChI is InChI=1S/C12H12ClN5O/c13-6-11-17-9-2-1-8(7-14)5-10(9)18(11)4-3-16-12(15)19/h1-2,5H,3-4,6H2,(H3,15,16,19). The molecule has 2 amide bonds. The maximum Gasteiger partial charge on any atom is 0.312 e. The lowest BCUT2D eigenvalue weighted by Crippen LogP contribution is -2.32. The molecule has 0 aliphatic carbocycles. The minimum Gasteiger partial charge on any atom is -0.352 e. The van der Waals surface area contributed by atoms with E-state index in [2.05, 4.69) is 16.4 Å². The number of nitrogens with zero attached hydrogens (tertiary/aromatic N) is 3. The largest absolute Gasteiger partial charge is 0.352 e. The van der Waals surface area contributed by atoms with Gasteiger partial charge in [0.05, 0.1) is 28.5 Å². The van der Waals surface area contributed by atoms with Crippen molar-refractivity contribution in [3.8, 4) is 6.07 Å². The van der Waals surface area contributed by atoms with Crippen LogP contribution in [-0.2, 0) is 12.4 Å². The summed E-state index contributed by atoms with van der Waals surface area (Å²) in [6.45, 7) is 0.873. The second kappa shape index (κ2) is 5.59. The van der Waals surface area contributed by atoms with E-state index in [0.29, 0.717) is 24.5 Å². The molecule has 0 spiro atoms. The molecule has 1 aromatic carbocycles. The number of primary amides is 1. The molecule has 0 radical (unpaired) electrons. The summed E-state index contributed by atoms with van der Waals surface area (Å²) in [7, 11) is 0. The van der Waals surface area contributed by atoms with Gasteiger partial charge < -0.3 is 15.6 Å². The number of halogens is 1. The molecule has 0 saturated carbocycles. The lowest BCUT2D eigenvalue weighted by Gasteiger charge is -2.07. The summed E-state index contributed by atoms with van der Waals surface area (Å²) in [5.41, 5.74) is 7.16. The molecule has 3 N–H and O–H groups in total. The number of nitrogens with one attached hydrogen (secondary N) is 1. The third kappa shape index (κ3) is 2.77. The molecule has 7 heteroatoms. The topological polar surface area (TPSA) is 96.7 Å². The molecular formula is C12H12ClN5O. The number of amides is 2. The summed E-state index contributed by atoms with van der Waals surface area (Å²) < 4.78 is 1.87. The van der Waals surface area contributed by atoms with E-state index >= 15 is 0 Å². The molecule has 0 fully saturated rings. The molecule has 0 aliphatic heterocycles. The molecule has 19 heavy (non-hydrogen) atoms. The highest BCUT2D eigenvalue weighted by Gasteiger charge is 2.10. The first-order chi connectivity index (χ1) is 9.15. The molecule has 98 valence electrons. The molecular weight excluding hydrogens is 266 g/mol. The normalized spacial score (nSPS) is 10.3. The fraction of sp³-hybridized carbons (Fsp3) is 0.250. The van der Waals surface area contributed by atoms with Crippen LogP contribution in [0.2, 0.25) is 0 Å². The van der Waals surface area contributed by atoms with Crippen LogP contribution in [0, 0.1) is 11.3 Å². The zero-order valence-corrected chi connectivity index (χ0v) is 10.8. The van der Waals surface area contributed by atoms with Crippen LogP contribution in [0.1, 0.15) is 11.4 Å². The molecule has 0 bridgehead atoms. The first-order valence-corrected chi connectivity index (χ1v) is 6.17. The average Bonchev–Trinajstić information content (AvgIpc) is 2.75. The summed E-state index contributed by atoms with van der Waals surface area (Å²) in [5, 5.41) is 11.4. The van der Waals surface area contributed by atoms with E-state index in [4.69, 9.17) is 22.6 Å². The van der Waals surface area contributed by atoms with E-state index in [-0.39, 0.29) is 5.88 Å². The molecule has 0 aliphatic rings. The molecule has 2 aromatic rings. The molecule has 1 heterocycles. The lowest BCUT2D eigenvalue weighted by molar-refractivity contribution is 0.248. The fourth-order valence-electron chi connectivity index (χ4n) is 1.88. The van der Waals surface area contributed by atoms with Crippen molar-refractivity contribution < 1.29 is 4.79 Å². The van der Waals surface area contributed by atoms with Gasteiger partial charge in [-0.05, 0) is 18.2 Å². The first kappa shape index (κ1) is 13.2. The third-order valence-corrected chi connectivity index (χ3v) is 2.95. The Balaban J connectivity index is 2.38. The Hall–Kier alpha value is -2.26. The first-order valence-electron chi connectivity index (χ1n) is 5.64. The van der Waals surface area contributed by atoms with Crippen LogP contribution in [-0.4, -0.2) is 22.1 Å². The zero-order valence-electron chi connectivity index (χ0n) is 10.1. The molecule has 0 unspecified atom stereocenters. The monoisotopic (exact) mass is 277 g/mol. The van der Waals surface area contributed by atoms with Crippen molar-refractivity contribution in [1.82, 2.24) is 14.9 Å². The van der Waals surface area contributed by atoms with E-state index < -0.39 is 6.03 Å². The molecule has 6 nitrogen and oxygen atoms in total. The predicted molar refractivity (Wildman–Crippen MR) is 71.6 cm³/mol. The van der Waals surface area contributed by atoms with Crippen molar-refractivity contribution in [2.75, 3.05) is 6.54 Å². The van der Waals surface area contributed by atoms with Gasteiger partial charge in [-0.3, -0.25) is 0 Å². The highest BCUT2D eigenvalue weighted by molar-refractivity contribution is 6.16. The molecule has 0 atom stereocenters. The number of carbonyl (C=O) groups excluding carboxylic acids is 1. The van der Waals surface area contributed by atoms with Gasteiger partial charge >= 0.3 is 6.03 Å². The second-order valence-electron chi connectivity index (χ2n) is 3.92. The molecule has 2 rings (SSSR count). The van der Waals surface area contributed by atoms with Crippen LogP contribution < -0.4 is 11.1 Å². The van der Waals surface area contributed by atoms with Crippen molar-refractivity contribution in [1.29, 1.82) is 5.26 Å². The van der Waals surface area contributed by atoms with Crippen molar-refractivity contribution in [3.05, 3.63) is 29.6 Å². The van der Waals surface area contributed by atoms with Crippen molar-refractivity contribution in [2.45, 2.75) is 12.4 Å². The number of fused-ring (bicyclic) bond motifs is 1. The van der Waals surface area contributed by atoms with Crippen LogP contribution >= 0.6 is 11.6 Å². The van der Waals surface area contributed by atoms with Crippen LogP contribution in [0.25, 0.3) is 11.0 Å². The van der Waals surface area contributed by atoms with Crippen molar-refractivity contribution >= 4 is 28.7 Å². The molecule has 0 saturated heterocycles. The number of carbonyl (C=O) groups is 1. The van der Waals surface area contributed by atoms with Gasteiger partial charge in [0.15, 0.2) is 0 Å². The quantitative estimate of drug-likeness (QED) is 0.825. The number of imidazole rings is 1. The van der Waals surface area contributed by atoms with Gasteiger partial charge in [-0.2, -0.15) is 5.26 Å². The number of benzene rings is 1. The van der Waals surface area contributed by atoms with Crippen LogP contribution in [0.4, 0.5) is 4.79 Å². The third-order valence-electron chi connectivity index (χ3n) is 2.71. The Bertz CT molecular complexity index is 658. The van der Waals surface area contributed by atoms with Crippen LogP contribution in [0.15, 0.2) is 18.2 Å². The minimum absolute atomic E-state index is 0.257. The van der Waals surface area contributed by atoms with Gasteiger partial charge in [-0.25, -0.2) is 9.78 Å². The summed E-state index contributed by atoms with van der Waals surface area (Å²) in [6, 6.07) is 6.75. The highest BCUT2D eigenvalue weighted by atomic mass is 35.5. The number of aromatic nitrogens is 2. The maximum atomic E-state index is 10.7. The van der Waals surface area contributed by atoms with Gasteiger partial charge in [0.2, 0.25) is 0 Å². The number of nitriles is 1. The van der Waals surface area contributed by atoms with Gasteiger partial charge in [0.25, 0.3) is 0 Å². The van der Waals surface area contributed by atoms with Crippen molar-refractivity contribution in [2.24, 2.45) is 5.73 Å². The Morgan fingerprint density at radius 2 is 2.37 bits per heavy atom. The smallest absolute Gasteiger partial charge is 0.312 e. The number of rotatable bonds is 4. The lowest BCUT2D eigenvalue weighted by atomic mass is 10.2. The highest BCUT2D eigenvalue weighted by Crippen LogP contribution is 2.18. The van der Waals surface area contributed by atoms with E-state index in [1.165, 1.54) is 0 Å². The number of hydrogen-bond acceptors (Lipinski definition) is 3. The van der Waals surface area contributed by atoms with Crippen molar-refractivity contribution in [3.63, 3.8) is 0 Å². The summed E-state index contributed by atoms with van der Waals surface area (Å²) in [6.07, 6.45) is 0. The van der Waals surface area contributed by atoms with Crippen LogP contribution in [0.5, 0.6) is 0 Å². The zero-order chi connectivity index (χ0) is 13.8. The van der Waals surface area contributed by atoms with Gasteiger partial charge in [0, 0.05) is 13.1 Å². The van der Waals surface area contributed by atoms with E-state index in [0.717, 1.165) is 11.0 Å². The van der Waals surface area contributed by atoms with E-state index in [9.17, 15) is 4.79 Å². The van der Waals surface area contributed by atoms with Gasteiger partial charge in [-0.15, -0.1) is 11.6 Å². The minimum atomic E-state index is -0.574. The Morgan fingerprint density at radius 1 is 1.58 bits per heavy atom. The summed E-state index contributed by atoms with van der Waals surface area (Å²) >= 11 is 5.86. The van der Waals surface area contributed by atoms with E-state index in [1.807, 2.05) is 4.57 Å². The summed E-state index contributed by atoms with van der Waals surface area (Å²) in [5.74, 6) is 0.950. The number of nitrogens with two attached hydrogens (primary N) is 1. The SMILES string of the molecule is N#Cc1ccc2nc(CCl)n(CCNC(N)=O)c2c1. The number of alkyl halides is 1. The maximum absolute atomic E-state index is 10.7. The average molecular weight is 278 g/mol. The van der Waals surface area contributed by atoms with Gasteiger partial charge in [-0.1, -0.05) is 0 Å². The van der Waals surface area contributed by atoms with E-state index in [1.54, 1.807) is 18.2 Å². The van der Waals surface area contributed by atoms with Gasteiger partial charge in [0.1, 0.15) is 5.82 Å². The Labute approximate surface area is 114 Å². The van der Waals surface area contributed by atoms with Crippen LogP contribution in [0.3, 0.4) is 0 Å².